The van der Waals surface area contributed by atoms with Crippen LogP contribution < -0.4 is 4.74 Å². The summed E-state index contributed by atoms with van der Waals surface area (Å²) >= 11 is 1.55. The fourth-order valence-corrected chi connectivity index (χ4v) is 5.07. The summed E-state index contributed by atoms with van der Waals surface area (Å²) in [6.07, 6.45) is 3.81. The molecule has 1 aromatic heterocycles. The monoisotopic (exact) mass is 501 g/mol. The van der Waals surface area contributed by atoms with Crippen molar-refractivity contribution in [1.29, 1.82) is 0 Å². The summed E-state index contributed by atoms with van der Waals surface area (Å²) in [4.78, 5) is 32.5. The van der Waals surface area contributed by atoms with Crippen LogP contribution in [0.4, 0.5) is 9.59 Å². The molecule has 3 heterocycles. The van der Waals surface area contributed by atoms with Gasteiger partial charge in [-0.1, -0.05) is 23.5 Å². The Labute approximate surface area is 210 Å². The van der Waals surface area contributed by atoms with E-state index < -0.39 is 5.60 Å². The summed E-state index contributed by atoms with van der Waals surface area (Å²) in [6, 6.07) is 6.26. The molecule has 1 saturated heterocycles. The third-order valence-corrected chi connectivity index (χ3v) is 6.81. The Morgan fingerprint density at radius 3 is 2.46 bits per heavy atom. The number of rotatable bonds is 4. The van der Waals surface area contributed by atoms with Crippen LogP contribution in [0, 0.1) is 0 Å². The van der Waals surface area contributed by atoms with Gasteiger partial charge < -0.3 is 24.0 Å². The van der Waals surface area contributed by atoms with E-state index in [2.05, 4.69) is 23.2 Å². The number of thiazole rings is 1. The molecule has 9 heteroatoms. The number of piperidine rings is 1. The predicted octanol–water partition coefficient (Wildman–Crippen LogP) is 5.71. The van der Waals surface area contributed by atoms with Gasteiger partial charge >= 0.3 is 12.2 Å². The van der Waals surface area contributed by atoms with Crippen LogP contribution in [0.2, 0.25) is 0 Å². The Kier molecular flexibility index (Phi) is 7.54. The second-order valence-corrected chi connectivity index (χ2v) is 11.3. The van der Waals surface area contributed by atoms with Gasteiger partial charge in [-0.25, -0.2) is 14.6 Å². The van der Waals surface area contributed by atoms with Gasteiger partial charge in [-0.2, -0.15) is 0 Å². The minimum Gasteiger partial charge on any atom is -0.467 e. The first-order valence-corrected chi connectivity index (χ1v) is 13.1. The molecule has 0 N–H and O–H groups in total. The highest BCUT2D eigenvalue weighted by Crippen LogP contribution is 2.33. The number of carbonyl (C=O) groups excluding carboxylic acids is 2. The first-order valence-electron chi connectivity index (χ1n) is 12.3. The average Bonchev–Trinajstić information content (AvgIpc) is 3.19. The summed E-state index contributed by atoms with van der Waals surface area (Å²) in [6.45, 7) is 11.8. The zero-order valence-electron chi connectivity index (χ0n) is 21.2. The Morgan fingerprint density at radius 2 is 1.83 bits per heavy atom. The highest BCUT2D eigenvalue weighted by molar-refractivity contribution is 7.20. The molecule has 2 aromatic rings. The topological polar surface area (TPSA) is 81.2 Å². The van der Waals surface area contributed by atoms with Gasteiger partial charge in [0.1, 0.15) is 11.7 Å². The van der Waals surface area contributed by atoms with Crippen LogP contribution in [0.3, 0.4) is 0 Å². The molecular formula is C26H35N3O5S. The van der Waals surface area contributed by atoms with E-state index in [0.717, 1.165) is 35.0 Å². The molecule has 0 atom stereocenters. The van der Waals surface area contributed by atoms with Gasteiger partial charge in [0.25, 0.3) is 5.19 Å². The van der Waals surface area contributed by atoms with Crippen molar-refractivity contribution < 1.29 is 23.8 Å². The van der Waals surface area contributed by atoms with E-state index in [-0.39, 0.29) is 24.4 Å². The molecule has 35 heavy (non-hydrogen) atoms. The normalized spacial score (nSPS) is 17.5. The van der Waals surface area contributed by atoms with Crippen molar-refractivity contribution in [2.45, 2.75) is 71.7 Å². The predicted molar refractivity (Wildman–Crippen MR) is 137 cm³/mol. The van der Waals surface area contributed by atoms with Crippen molar-refractivity contribution in [2.75, 3.05) is 26.2 Å². The van der Waals surface area contributed by atoms with Crippen LogP contribution in [-0.4, -0.2) is 71.0 Å². The Morgan fingerprint density at radius 1 is 1.09 bits per heavy atom. The average molecular weight is 502 g/mol. The second-order valence-electron chi connectivity index (χ2n) is 10.3. The van der Waals surface area contributed by atoms with Crippen molar-refractivity contribution in [3.05, 3.63) is 29.8 Å². The summed E-state index contributed by atoms with van der Waals surface area (Å²) in [5.74, 6) is 0. The fraction of sp³-hybridized carbons (Fsp3) is 0.577. The van der Waals surface area contributed by atoms with Crippen molar-refractivity contribution in [3.8, 4) is 5.19 Å². The quantitative estimate of drug-likeness (QED) is 0.534. The molecule has 2 aliphatic heterocycles. The summed E-state index contributed by atoms with van der Waals surface area (Å²) in [7, 11) is 0. The van der Waals surface area contributed by atoms with Gasteiger partial charge in [0.2, 0.25) is 0 Å². The number of amides is 2. The maximum atomic E-state index is 12.3. The lowest BCUT2D eigenvalue weighted by Gasteiger charge is -2.31. The van der Waals surface area contributed by atoms with E-state index in [1.165, 1.54) is 5.57 Å². The first kappa shape index (κ1) is 25.3. The molecule has 8 nitrogen and oxygen atoms in total. The van der Waals surface area contributed by atoms with E-state index in [1.54, 1.807) is 21.1 Å². The fourth-order valence-electron chi connectivity index (χ4n) is 4.15. The molecule has 0 spiro atoms. The molecule has 0 radical (unpaired) electrons. The van der Waals surface area contributed by atoms with Crippen LogP contribution in [0.1, 0.15) is 59.4 Å². The minimum atomic E-state index is -0.491. The molecule has 0 aliphatic carbocycles. The summed E-state index contributed by atoms with van der Waals surface area (Å²) < 4.78 is 18.0. The molecule has 4 rings (SSSR count). The number of nitrogens with zero attached hydrogens (tertiary/aromatic N) is 3. The number of fused-ring (bicyclic) bond motifs is 1. The molecule has 0 unspecified atom stereocenters. The van der Waals surface area contributed by atoms with Gasteiger partial charge in [0, 0.05) is 39.0 Å². The Balaban J connectivity index is 1.34. The van der Waals surface area contributed by atoms with Gasteiger partial charge in [-0.3, -0.25) is 0 Å². The third kappa shape index (κ3) is 6.66. The smallest absolute Gasteiger partial charge is 0.410 e. The maximum Gasteiger partial charge on any atom is 0.410 e. The Bertz CT molecular complexity index is 1100. The van der Waals surface area contributed by atoms with Crippen LogP contribution in [-0.2, 0) is 9.47 Å². The largest absolute Gasteiger partial charge is 0.467 e. The number of likely N-dealkylation sites (tertiary alicyclic amines) is 1. The lowest BCUT2D eigenvalue weighted by molar-refractivity contribution is 0.0270. The SMILES string of the molecule is CC(C)OC(=O)N1CCC(Oc2nc3ccc(C4=CCN(C(=O)OC(C)(C)C)CC4)cc3s2)CC1. The van der Waals surface area contributed by atoms with E-state index in [9.17, 15) is 9.59 Å². The maximum absolute atomic E-state index is 12.3. The van der Waals surface area contributed by atoms with Crippen molar-refractivity contribution in [2.24, 2.45) is 0 Å². The minimum absolute atomic E-state index is 0.0398. The van der Waals surface area contributed by atoms with E-state index >= 15 is 0 Å². The molecular weight excluding hydrogens is 466 g/mol. The van der Waals surface area contributed by atoms with Gasteiger partial charge in [-0.15, -0.1) is 0 Å². The van der Waals surface area contributed by atoms with Crippen LogP contribution >= 0.6 is 11.3 Å². The highest BCUT2D eigenvalue weighted by Gasteiger charge is 2.27. The van der Waals surface area contributed by atoms with Crippen molar-refractivity contribution >= 4 is 39.3 Å². The van der Waals surface area contributed by atoms with Crippen LogP contribution in [0.25, 0.3) is 15.8 Å². The molecule has 1 aromatic carbocycles. The number of benzene rings is 1. The highest BCUT2D eigenvalue weighted by atomic mass is 32.1. The number of hydrogen-bond acceptors (Lipinski definition) is 7. The molecule has 2 aliphatic rings. The lowest BCUT2D eigenvalue weighted by atomic mass is 9.99. The number of hydrogen-bond donors (Lipinski definition) is 0. The van der Waals surface area contributed by atoms with E-state index in [0.29, 0.717) is 31.4 Å². The van der Waals surface area contributed by atoms with Gasteiger partial charge in [-0.05, 0) is 64.3 Å². The van der Waals surface area contributed by atoms with Crippen molar-refractivity contribution in [1.82, 2.24) is 14.8 Å². The second kappa shape index (κ2) is 10.4. The number of carbonyl (C=O) groups is 2. The lowest BCUT2D eigenvalue weighted by Crippen LogP contribution is -2.42. The third-order valence-electron chi connectivity index (χ3n) is 5.90. The summed E-state index contributed by atoms with van der Waals surface area (Å²) in [5, 5.41) is 0.661. The number of aromatic nitrogens is 1. The van der Waals surface area contributed by atoms with Gasteiger partial charge in [0.15, 0.2) is 0 Å². The van der Waals surface area contributed by atoms with Crippen molar-refractivity contribution in [3.63, 3.8) is 0 Å². The molecule has 190 valence electrons. The standard InChI is InChI=1S/C26H35N3O5S/c1-17(2)32-24(30)28-14-10-20(11-15-28)33-23-27-21-7-6-19(16-22(21)35-23)18-8-12-29(13-9-18)25(31)34-26(3,4)5/h6-8,16-17,20H,9-15H2,1-5H3. The molecule has 2 amide bonds. The zero-order valence-corrected chi connectivity index (χ0v) is 22.0. The van der Waals surface area contributed by atoms with Crippen LogP contribution in [0.15, 0.2) is 24.3 Å². The van der Waals surface area contributed by atoms with Crippen LogP contribution in [0.5, 0.6) is 5.19 Å². The zero-order chi connectivity index (χ0) is 25.2. The van der Waals surface area contributed by atoms with E-state index in [4.69, 9.17) is 14.2 Å². The Hall–Kier alpha value is -2.81. The molecule has 1 fully saturated rings. The van der Waals surface area contributed by atoms with Gasteiger partial charge in [0.05, 0.1) is 16.3 Å². The van der Waals surface area contributed by atoms with E-state index in [1.807, 2.05) is 40.7 Å². The summed E-state index contributed by atoms with van der Waals surface area (Å²) in [5.41, 5.74) is 2.80. The first-order chi connectivity index (χ1) is 16.6. The number of ether oxygens (including phenoxy) is 3. The molecule has 0 saturated carbocycles. The molecule has 0 bridgehead atoms.